The van der Waals surface area contributed by atoms with E-state index in [1.807, 2.05) is 0 Å². The van der Waals surface area contributed by atoms with E-state index in [-0.39, 0.29) is 24.1 Å². The minimum atomic E-state index is -0.433. The first-order valence-electron chi connectivity index (χ1n) is 6.71. The molecule has 1 unspecified atom stereocenters. The molecule has 0 spiro atoms. The fraction of sp³-hybridized carbons (Fsp3) is 0.462. The SMILES string of the molecule is Cl.NCC1CCCCN1c1nc2cc([N+](=O)[O-])ccc2o1. The van der Waals surface area contributed by atoms with Crippen molar-refractivity contribution < 1.29 is 9.34 Å². The molecule has 0 aliphatic carbocycles. The lowest BCUT2D eigenvalue weighted by molar-refractivity contribution is -0.384. The van der Waals surface area contributed by atoms with E-state index in [9.17, 15) is 10.1 Å². The maximum Gasteiger partial charge on any atom is 0.298 e. The molecule has 8 heteroatoms. The van der Waals surface area contributed by atoms with Gasteiger partial charge in [0.1, 0.15) is 5.52 Å². The first-order valence-corrected chi connectivity index (χ1v) is 6.71. The van der Waals surface area contributed by atoms with Gasteiger partial charge in [-0.15, -0.1) is 12.4 Å². The monoisotopic (exact) mass is 312 g/mol. The van der Waals surface area contributed by atoms with Crippen molar-refractivity contribution in [3.63, 3.8) is 0 Å². The third kappa shape index (κ3) is 2.93. The third-order valence-electron chi connectivity index (χ3n) is 3.72. The predicted molar refractivity (Wildman–Crippen MR) is 82.0 cm³/mol. The number of oxazole rings is 1. The van der Waals surface area contributed by atoms with Crippen LogP contribution in [0, 0.1) is 10.1 Å². The standard InChI is InChI=1S/C13H16N4O3.ClH/c14-8-10-3-1-2-6-16(10)13-15-11-7-9(17(18)19)4-5-12(11)20-13;/h4-5,7,10H,1-3,6,8,14H2;1H. The minimum Gasteiger partial charge on any atom is -0.423 e. The number of hydrogen-bond acceptors (Lipinski definition) is 6. The van der Waals surface area contributed by atoms with Gasteiger partial charge in [0.15, 0.2) is 5.58 Å². The van der Waals surface area contributed by atoms with Crippen LogP contribution in [0.1, 0.15) is 19.3 Å². The van der Waals surface area contributed by atoms with E-state index in [0.717, 1.165) is 25.8 Å². The van der Waals surface area contributed by atoms with Gasteiger partial charge in [0.25, 0.3) is 11.7 Å². The Morgan fingerprint density at radius 2 is 2.29 bits per heavy atom. The molecule has 0 amide bonds. The molecule has 0 radical (unpaired) electrons. The van der Waals surface area contributed by atoms with E-state index >= 15 is 0 Å². The Hall–Kier alpha value is -1.86. The van der Waals surface area contributed by atoms with Gasteiger partial charge in [-0.25, -0.2) is 0 Å². The summed E-state index contributed by atoms with van der Waals surface area (Å²) < 4.78 is 5.71. The molecule has 1 aromatic carbocycles. The molecule has 3 rings (SSSR count). The molecular formula is C13H17ClN4O3. The molecular weight excluding hydrogens is 296 g/mol. The van der Waals surface area contributed by atoms with Gasteiger partial charge in [0.05, 0.1) is 4.92 Å². The average molecular weight is 313 g/mol. The quantitative estimate of drug-likeness (QED) is 0.690. The lowest BCUT2D eigenvalue weighted by Crippen LogP contribution is -2.44. The molecule has 0 bridgehead atoms. The van der Waals surface area contributed by atoms with Crippen molar-refractivity contribution in [1.29, 1.82) is 0 Å². The number of piperidine rings is 1. The van der Waals surface area contributed by atoms with Gasteiger partial charge < -0.3 is 15.1 Å². The first kappa shape index (κ1) is 15.5. The molecule has 2 N–H and O–H groups in total. The Morgan fingerprint density at radius 3 is 3.00 bits per heavy atom. The summed E-state index contributed by atoms with van der Waals surface area (Å²) in [6, 6.07) is 5.19. The second-order valence-corrected chi connectivity index (χ2v) is 4.98. The highest BCUT2D eigenvalue weighted by molar-refractivity contribution is 5.85. The van der Waals surface area contributed by atoms with Crippen molar-refractivity contribution in [1.82, 2.24) is 4.98 Å². The number of rotatable bonds is 3. The highest BCUT2D eigenvalue weighted by Crippen LogP contribution is 2.29. The second-order valence-electron chi connectivity index (χ2n) is 4.98. The molecule has 1 atom stereocenters. The van der Waals surface area contributed by atoms with Gasteiger partial charge >= 0.3 is 0 Å². The number of nitro groups is 1. The summed E-state index contributed by atoms with van der Waals surface area (Å²) in [4.78, 5) is 16.8. The Labute approximate surface area is 127 Å². The van der Waals surface area contributed by atoms with Crippen LogP contribution in [-0.2, 0) is 0 Å². The van der Waals surface area contributed by atoms with Crippen LogP contribution in [-0.4, -0.2) is 29.0 Å². The molecule has 1 aromatic heterocycles. The van der Waals surface area contributed by atoms with Crippen molar-refractivity contribution in [2.75, 3.05) is 18.0 Å². The molecule has 1 aliphatic rings. The van der Waals surface area contributed by atoms with Crippen molar-refractivity contribution in [2.45, 2.75) is 25.3 Å². The Bertz CT molecular complexity index is 645. The van der Waals surface area contributed by atoms with Gasteiger partial charge in [0.2, 0.25) is 0 Å². The predicted octanol–water partition coefficient (Wildman–Crippen LogP) is 2.48. The maximum atomic E-state index is 10.8. The third-order valence-corrected chi connectivity index (χ3v) is 3.72. The van der Waals surface area contributed by atoms with Gasteiger partial charge in [-0.1, -0.05) is 0 Å². The van der Waals surface area contributed by atoms with Crippen molar-refractivity contribution in [2.24, 2.45) is 5.73 Å². The summed E-state index contributed by atoms with van der Waals surface area (Å²) in [7, 11) is 0. The zero-order chi connectivity index (χ0) is 14.1. The molecule has 1 aliphatic heterocycles. The largest absolute Gasteiger partial charge is 0.423 e. The van der Waals surface area contributed by atoms with Crippen LogP contribution in [0.15, 0.2) is 22.6 Å². The Balaban J connectivity index is 0.00000161. The summed E-state index contributed by atoms with van der Waals surface area (Å²) in [6.45, 7) is 1.41. The molecule has 7 nitrogen and oxygen atoms in total. The minimum absolute atomic E-state index is 0. The van der Waals surface area contributed by atoms with Gasteiger partial charge in [-0.3, -0.25) is 10.1 Å². The topological polar surface area (TPSA) is 98.4 Å². The lowest BCUT2D eigenvalue weighted by Gasteiger charge is -2.33. The molecule has 114 valence electrons. The van der Waals surface area contributed by atoms with Crippen LogP contribution < -0.4 is 10.6 Å². The number of halogens is 1. The van der Waals surface area contributed by atoms with E-state index in [0.29, 0.717) is 23.7 Å². The van der Waals surface area contributed by atoms with Gasteiger partial charge in [0, 0.05) is 31.3 Å². The highest BCUT2D eigenvalue weighted by atomic mass is 35.5. The van der Waals surface area contributed by atoms with Crippen LogP contribution >= 0.6 is 12.4 Å². The fourth-order valence-corrected chi connectivity index (χ4v) is 2.64. The van der Waals surface area contributed by atoms with Crippen LogP contribution in [0.3, 0.4) is 0 Å². The molecule has 2 heterocycles. The van der Waals surface area contributed by atoms with E-state index in [1.54, 1.807) is 6.07 Å². The summed E-state index contributed by atoms with van der Waals surface area (Å²) >= 11 is 0. The zero-order valence-corrected chi connectivity index (χ0v) is 12.2. The number of hydrogen-bond donors (Lipinski definition) is 1. The summed E-state index contributed by atoms with van der Waals surface area (Å²) in [6.07, 6.45) is 3.26. The Morgan fingerprint density at radius 1 is 1.48 bits per heavy atom. The number of anilines is 1. The van der Waals surface area contributed by atoms with Crippen molar-refractivity contribution in [3.05, 3.63) is 28.3 Å². The number of non-ortho nitro benzene ring substituents is 1. The van der Waals surface area contributed by atoms with Gasteiger partial charge in [-0.05, 0) is 25.3 Å². The molecule has 1 saturated heterocycles. The second kappa shape index (κ2) is 6.28. The maximum absolute atomic E-state index is 10.8. The van der Waals surface area contributed by atoms with E-state index in [2.05, 4.69) is 9.88 Å². The lowest BCUT2D eigenvalue weighted by atomic mass is 10.0. The summed E-state index contributed by atoms with van der Waals surface area (Å²) in [5.41, 5.74) is 6.88. The van der Waals surface area contributed by atoms with Crippen molar-refractivity contribution >= 4 is 35.2 Å². The number of benzene rings is 1. The van der Waals surface area contributed by atoms with Crippen LogP contribution in [0.4, 0.5) is 11.7 Å². The average Bonchev–Trinajstić information content (AvgIpc) is 2.89. The van der Waals surface area contributed by atoms with Crippen molar-refractivity contribution in [3.8, 4) is 0 Å². The van der Waals surface area contributed by atoms with Gasteiger partial charge in [-0.2, -0.15) is 4.98 Å². The molecule has 1 fully saturated rings. The molecule has 2 aromatic rings. The smallest absolute Gasteiger partial charge is 0.298 e. The number of nitrogens with two attached hydrogens (primary N) is 1. The normalized spacial score (nSPS) is 18.5. The van der Waals surface area contributed by atoms with E-state index in [4.69, 9.17) is 10.2 Å². The van der Waals surface area contributed by atoms with Crippen LogP contribution in [0.2, 0.25) is 0 Å². The number of nitrogens with zero attached hydrogens (tertiary/aromatic N) is 3. The van der Waals surface area contributed by atoms with E-state index < -0.39 is 4.92 Å². The van der Waals surface area contributed by atoms with E-state index in [1.165, 1.54) is 12.1 Å². The summed E-state index contributed by atoms with van der Waals surface area (Å²) in [5, 5.41) is 10.8. The fourth-order valence-electron chi connectivity index (χ4n) is 2.64. The Kier molecular flexibility index (Phi) is 4.64. The zero-order valence-electron chi connectivity index (χ0n) is 11.4. The first-order chi connectivity index (χ1) is 9.69. The highest BCUT2D eigenvalue weighted by Gasteiger charge is 2.25. The molecule has 0 saturated carbocycles. The van der Waals surface area contributed by atoms with Crippen LogP contribution in [0.25, 0.3) is 11.1 Å². The summed E-state index contributed by atoms with van der Waals surface area (Å²) in [5.74, 6) is 0. The van der Waals surface area contributed by atoms with Crippen LogP contribution in [0.5, 0.6) is 0 Å². The number of aromatic nitrogens is 1. The number of nitro benzene ring substituents is 1. The molecule has 21 heavy (non-hydrogen) atoms. The number of fused-ring (bicyclic) bond motifs is 1.